The van der Waals surface area contributed by atoms with Crippen molar-refractivity contribution in [2.24, 2.45) is 0 Å². The lowest BCUT2D eigenvalue weighted by atomic mass is 10.0. The SMILES string of the molecule is Cc1ccc2oc(C(=O)NC3CCN(CC(=O)Nc4ccccc4)CC3)cc(=O)c2c1. The van der Waals surface area contributed by atoms with E-state index < -0.39 is 0 Å². The standard InChI is InChI=1S/C24H25N3O4/c1-16-7-8-21-19(13-16)20(28)14-22(31-21)24(30)26-18-9-11-27(12-10-18)15-23(29)25-17-5-3-2-4-6-17/h2-8,13-14,18H,9-12,15H2,1H3,(H,25,29)(H,26,30). The Kier molecular flexibility index (Phi) is 6.13. The maximum atomic E-state index is 12.6. The second-order valence-electron chi connectivity index (χ2n) is 7.91. The third-order valence-electron chi connectivity index (χ3n) is 5.45. The quantitative estimate of drug-likeness (QED) is 0.664. The summed E-state index contributed by atoms with van der Waals surface area (Å²) in [6, 6.07) is 15.9. The van der Waals surface area contributed by atoms with Crippen LogP contribution in [0, 0.1) is 6.92 Å². The second kappa shape index (κ2) is 9.14. The van der Waals surface area contributed by atoms with Crippen molar-refractivity contribution < 1.29 is 14.0 Å². The molecule has 0 saturated carbocycles. The number of nitrogens with one attached hydrogen (secondary N) is 2. The first-order valence-corrected chi connectivity index (χ1v) is 10.4. The Balaban J connectivity index is 1.30. The number of carbonyl (C=O) groups excluding carboxylic acids is 2. The molecule has 1 saturated heterocycles. The minimum Gasteiger partial charge on any atom is -0.451 e. The molecule has 0 unspecified atom stereocenters. The smallest absolute Gasteiger partial charge is 0.287 e. The van der Waals surface area contributed by atoms with Crippen LogP contribution in [0.25, 0.3) is 11.0 Å². The molecular weight excluding hydrogens is 394 g/mol. The minimum absolute atomic E-state index is 0.0195. The summed E-state index contributed by atoms with van der Waals surface area (Å²) in [6.45, 7) is 3.62. The number of hydrogen-bond donors (Lipinski definition) is 2. The molecule has 1 aliphatic rings. The van der Waals surface area contributed by atoms with E-state index >= 15 is 0 Å². The number of benzene rings is 2. The van der Waals surface area contributed by atoms with E-state index in [0.717, 1.165) is 24.1 Å². The van der Waals surface area contributed by atoms with Crippen LogP contribution >= 0.6 is 0 Å². The molecule has 1 aromatic heterocycles. The third-order valence-corrected chi connectivity index (χ3v) is 5.45. The van der Waals surface area contributed by atoms with Gasteiger partial charge in [0.25, 0.3) is 5.91 Å². The van der Waals surface area contributed by atoms with E-state index in [1.165, 1.54) is 6.07 Å². The number of likely N-dealkylation sites (tertiary alicyclic amines) is 1. The molecule has 0 bridgehead atoms. The van der Waals surface area contributed by atoms with Crippen LogP contribution in [0.5, 0.6) is 0 Å². The van der Waals surface area contributed by atoms with Gasteiger partial charge in [-0.25, -0.2) is 0 Å². The number of aryl methyl sites for hydroxylation is 1. The maximum Gasteiger partial charge on any atom is 0.287 e. The lowest BCUT2D eigenvalue weighted by Crippen LogP contribution is -2.46. The molecular formula is C24H25N3O4. The molecule has 0 aliphatic carbocycles. The van der Waals surface area contributed by atoms with Crippen LogP contribution in [0.4, 0.5) is 5.69 Å². The van der Waals surface area contributed by atoms with E-state index in [2.05, 4.69) is 15.5 Å². The highest BCUT2D eigenvalue weighted by Gasteiger charge is 2.23. The van der Waals surface area contributed by atoms with Gasteiger partial charge in [-0.15, -0.1) is 0 Å². The van der Waals surface area contributed by atoms with Crippen molar-refractivity contribution >= 4 is 28.5 Å². The predicted molar refractivity (Wildman–Crippen MR) is 119 cm³/mol. The Hall–Kier alpha value is -3.45. The molecule has 160 valence electrons. The van der Waals surface area contributed by atoms with Crippen LogP contribution in [0.2, 0.25) is 0 Å². The van der Waals surface area contributed by atoms with Gasteiger partial charge in [-0.1, -0.05) is 29.8 Å². The zero-order chi connectivity index (χ0) is 21.8. The third kappa shape index (κ3) is 5.19. The molecule has 4 rings (SSSR count). The molecule has 7 nitrogen and oxygen atoms in total. The molecule has 31 heavy (non-hydrogen) atoms. The average Bonchev–Trinajstić information content (AvgIpc) is 2.76. The molecule has 2 amide bonds. The van der Waals surface area contributed by atoms with Crippen molar-refractivity contribution in [2.75, 3.05) is 25.0 Å². The topological polar surface area (TPSA) is 91.7 Å². The number of hydrogen-bond acceptors (Lipinski definition) is 5. The van der Waals surface area contributed by atoms with Gasteiger partial charge < -0.3 is 15.1 Å². The number of nitrogens with zero attached hydrogens (tertiary/aromatic N) is 1. The van der Waals surface area contributed by atoms with E-state index in [4.69, 9.17) is 4.42 Å². The summed E-state index contributed by atoms with van der Waals surface area (Å²) < 4.78 is 5.66. The Morgan fingerprint density at radius 3 is 2.55 bits per heavy atom. The number of anilines is 1. The molecule has 2 aromatic carbocycles. The lowest BCUT2D eigenvalue weighted by Gasteiger charge is -2.31. The molecule has 2 heterocycles. The fourth-order valence-electron chi connectivity index (χ4n) is 3.80. The van der Waals surface area contributed by atoms with Gasteiger partial charge in [-0.05, 0) is 44.0 Å². The summed E-state index contributed by atoms with van der Waals surface area (Å²) in [7, 11) is 0. The number of amides is 2. The van der Waals surface area contributed by atoms with Crippen LogP contribution in [0.3, 0.4) is 0 Å². The van der Waals surface area contributed by atoms with Crippen molar-refractivity contribution in [1.82, 2.24) is 10.2 Å². The summed E-state index contributed by atoms with van der Waals surface area (Å²) >= 11 is 0. The Morgan fingerprint density at radius 1 is 1.06 bits per heavy atom. The van der Waals surface area contributed by atoms with Gasteiger partial charge in [-0.2, -0.15) is 0 Å². The first kappa shape index (κ1) is 20.8. The van der Waals surface area contributed by atoms with Crippen LogP contribution in [0.1, 0.15) is 29.0 Å². The molecule has 1 fully saturated rings. The molecule has 0 spiro atoms. The summed E-state index contributed by atoms with van der Waals surface area (Å²) in [4.78, 5) is 39.2. The van der Waals surface area contributed by atoms with Crippen molar-refractivity contribution in [3.63, 3.8) is 0 Å². The van der Waals surface area contributed by atoms with E-state index in [1.807, 2.05) is 43.3 Å². The Labute approximate surface area is 180 Å². The minimum atomic E-state index is -0.389. The fourth-order valence-corrected chi connectivity index (χ4v) is 3.80. The van der Waals surface area contributed by atoms with Crippen molar-refractivity contribution in [3.05, 3.63) is 76.1 Å². The van der Waals surface area contributed by atoms with Crippen LogP contribution in [-0.4, -0.2) is 42.4 Å². The zero-order valence-corrected chi connectivity index (χ0v) is 17.4. The Bertz CT molecular complexity index is 1150. The zero-order valence-electron chi connectivity index (χ0n) is 17.4. The van der Waals surface area contributed by atoms with E-state index in [9.17, 15) is 14.4 Å². The van der Waals surface area contributed by atoms with E-state index in [-0.39, 0.29) is 29.0 Å². The lowest BCUT2D eigenvalue weighted by molar-refractivity contribution is -0.117. The molecule has 1 aliphatic heterocycles. The highest BCUT2D eigenvalue weighted by atomic mass is 16.3. The Morgan fingerprint density at radius 2 is 1.81 bits per heavy atom. The largest absolute Gasteiger partial charge is 0.451 e. The van der Waals surface area contributed by atoms with Crippen LogP contribution in [0.15, 0.2) is 63.8 Å². The predicted octanol–water partition coefficient (Wildman–Crippen LogP) is 2.93. The number of fused-ring (bicyclic) bond motifs is 1. The van der Waals surface area contributed by atoms with Crippen molar-refractivity contribution in [1.29, 1.82) is 0 Å². The van der Waals surface area contributed by atoms with E-state index in [0.29, 0.717) is 30.6 Å². The first-order chi connectivity index (χ1) is 15.0. The fraction of sp³-hybridized carbons (Fsp3) is 0.292. The maximum absolute atomic E-state index is 12.6. The van der Waals surface area contributed by atoms with Crippen LogP contribution in [-0.2, 0) is 4.79 Å². The van der Waals surface area contributed by atoms with Crippen molar-refractivity contribution in [3.8, 4) is 0 Å². The molecule has 7 heteroatoms. The number of piperidine rings is 1. The summed E-state index contributed by atoms with van der Waals surface area (Å²) in [5.74, 6) is -0.423. The van der Waals surface area contributed by atoms with Gasteiger partial charge in [-0.3, -0.25) is 19.3 Å². The highest BCUT2D eigenvalue weighted by molar-refractivity contribution is 5.93. The molecule has 0 radical (unpaired) electrons. The monoisotopic (exact) mass is 419 g/mol. The van der Waals surface area contributed by atoms with Gasteiger partial charge in [0.15, 0.2) is 11.2 Å². The van der Waals surface area contributed by atoms with E-state index in [1.54, 1.807) is 12.1 Å². The number of rotatable bonds is 5. The van der Waals surface area contributed by atoms with Gasteiger partial charge in [0.2, 0.25) is 5.91 Å². The first-order valence-electron chi connectivity index (χ1n) is 10.4. The van der Waals surface area contributed by atoms with Crippen LogP contribution < -0.4 is 16.1 Å². The summed E-state index contributed by atoms with van der Waals surface area (Å²) in [6.07, 6.45) is 1.45. The molecule has 0 atom stereocenters. The van der Waals surface area contributed by atoms with Gasteiger partial charge in [0.05, 0.1) is 11.9 Å². The average molecular weight is 419 g/mol. The summed E-state index contributed by atoms with van der Waals surface area (Å²) in [5, 5.41) is 6.31. The molecule has 3 aromatic rings. The van der Waals surface area contributed by atoms with Gasteiger partial charge >= 0.3 is 0 Å². The van der Waals surface area contributed by atoms with Gasteiger partial charge in [0.1, 0.15) is 5.58 Å². The second-order valence-corrected chi connectivity index (χ2v) is 7.91. The molecule has 2 N–H and O–H groups in total. The van der Waals surface area contributed by atoms with Gasteiger partial charge in [0, 0.05) is 30.9 Å². The van der Waals surface area contributed by atoms with Crippen molar-refractivity contribution in [2.45, 2.75) is 25.8 Å². The highest BCUT2D eigenvalue weighted by Crippen LogP contribution is 2.16. The normalized spacial score (nSPS) is 15.0. The number of para-hydroxylation sites is 1. The summed E-state index contributed by atoms with van der Waals surface area (Å²) in [5.41, 5.74) is 1.92. The number of carbonyl (C=O) groups is 2.